The Morgan fingerprint density at radius 2 is 1.97 bits per heavy atom. The van der Waals surface area contributed by atoms with Gasteiger partial charge < -0.3 is 20.7 Å². The first-order valence-electron chi connectivity index (χ1n) is 11.2. The first kappa shape index (κ1) is 24.3. The standard InChI is InChI=1S/C21H29N5O3.CH6NO/c22-17-19(21(28)18-16(20(17)27)5-1-6-23-18)24-7-3-8-25-9-11-26(12-10-25)14-15-4-2-13-29-15;1-3-2/h1,5-6,15,24H,2-4,7-14,22H2;1-2H3/q;+1. The Morgan fingerprint density at radius 1 is 1.25 bits per heavy atom. The number of hydrogen-bond donors (Lipinski definition) is 3. The monoisotopic (exact) mass is 447 g/mol. The average Bonchev–Trinajstić information content (AvgIpc) is 3.32. The topological polar surface area (TPSA) is 138 Å². The Kier molecular flexibility index (Phi) is 9.12. The molecule has 1 atom stereocenters. The second kappa shape index (κ2) is 12.0. The summed E-state index contributed by atoms with van der Waals surface area (Å²) in [6, 6.07) is 3.22. The van der Waals surface area contributed by atoms with Crippen molar-refractivity contribution >= 4 is 11.6 Å². The molecule has 1 aliphatic carbocycles. The molecular formula is C22H35N6O4+. The van der Waals surface area contributed by atoms with Crippen LogP contribution in [-0.4, -0.2) is 92.0 Å². The summed E-state index contributed by atoms with van der Waals surface area (Å²) in [6.45, 7) is 7.74. The SMILES string of the molecule is CO[NH3+].NC1=C(NCCCN2CCN(CC3CCCO3)CC2)C(=O)c2ncccc2C1=O. The maximum absolute atomic E-state index is 12.6. The fourth-order valence-electron chi connectivity index (χ4n) is 4.23. The van der Waals surface area contributed by atoms with E-state index in [-0.39, 0.29) is 34.2 Å². The molecule has 4 rings (SSSR count). The van der Waals surface area contributed by atoms with Gasteiger partial charge in [-0.3, -0.25) is 19.5 Å². The third-order valence-electron chi connectivity index (χ3n) is 5.91. The van der Waals surface area contributed by atoms with Crippen molar-refractivity contribution in [3.63, 3.8) is 0 Å². The number of hydrogen-bond acceptors (Lipinski definition) is 9. The van der Waals surface area contributed by atoms with Crippen LogP contribution < -0.4 is 16.9 Å². The smallest absolute Gasteiger partial charge is 0.230 e. The second-order valence-corrected chi connectivity index (χ2v) is 8.19. The van der Waals surface area contributed by atoms with Crippen molar-refractivity contribution in [2.24, 2.45) is 5.73 Å². The fourth-order valence-corrected chi connectivity index (χ4v) is 4.23. The molecule has 2 aliphatic heterocycles. The average molecular weight is 448 g/mol. The van der Waals surface area contributed by atoms with Gasteiger partial charge in [0.1, 0.15) is 17.1 Å². The van der Waals surface area contributed by atoms with Gasteiger partial charge in [-0.15, -0.1) is 0 Å². The van der Waals surface area contributed by atoms with Crippen LogP contribution in [0.4, 0.5) is 0 Å². The minimum atomic E-state index is -0.336. The number of carbonyl (C=O) groups excluding carboxylic acids is 2. The second-order valence-electron chi connectivity index (χ2n) is 8.19. The minimum absolute atomic E-state index is 0.0155. The molecule has 0 amide bonds. The number of ether oxygens (including phenoxy) is 1. The van der Waals surface area contributed by atoms with E-state index >= 15 is 0 Å². The van der Waals surface area contributed by atoms with Crippen LogP contribution in [0.1, 0.15) is 40.1 Å². The number of quaternary nitrogens is 1. The Balaban J connectivity index is 0.000000913. The lowest BCUT2D eigenvalue weighted by Gasteiger charge is -2.35. The summed E-state index contributed by atoms with van der Waals surface area (Å²) >= 11 is 0. The molecular weight excluding hydrogens is 412 g/mol. The summed E-state index contributed by atoms with van der Waals surface area (Å²) < 4.78 is 5.73. The normalized spacial score (nSPS) is 21.9. The summed E-state index contributed by atoms with van der Waals surface area (Å²) in [5, 5.41) is 3.08. The van der Waals surface area contributed by atoms with Crippen LogP contribution in [0, 0.1) is 0 Å². The van der Waals surface area contributed by atoms with Crippen molar-refractivity contribution in [1.82, 2.24) is 20.1 Å². The Hall–Kier alpha value is -2.37. The molecule has 32 heavy (non-hydrogen) atoms. The van der Waals surface area contributed by atoms with Gasteiger partial charge in [-0.05, 0) is 37.9 Å². The Labute approximate surface area is 188 Å². The molecule has 3 aliphatic rings. The van der Waals surface area contributed by atoms with Crippen molar-refractivity contribution < 1.29 is 25.1 Å². The summed E-state index contributed by atoms with van der Waals surface area (Å²) in [6.07, 6.45) is 5.18. The molecule has 10 heteroatoms. The van der Waals surface area contributed by atoms with Gasteiger partial charge in [0.05, 0.1) is 18.8 Å². The number of aromatic nitrogens is 1. The minimum Gasteiger partial charge on any atom is -0.394 e. The largest absolute Gasteiger partial charge is 0.394 e. The zero-order chi connectivity index (χ0) is 22.9. The van der Waals surface area contributed by atoms with Crippen LogP contribution in [-0.2, 0) is 9.57 Å². The molecule has 0 aromatic carbocycles. The molecule has 2 saturated heterocycles. The number of nitrogens with one attached hydrogen (secondary N) is 1. The highest BCUT2D eigenvalue weighted by molar-refractivity contribution is 6.25. The van der Waals surface area contributed by atoms with Crippen LogP contribution >= 0.6 is 0 Å². The number of pyridine rings is 1. The van der Waals surface area contributed by atoms with E-state index in [0.29, 0.717) is 12.6 Å². The maximum Gasteiger partial charge on any atom is 0.230 e. The maximum atomic E-state index is 12.6. The number of carbonyl (C=O) groups is 2. The number of nitrogens with zero attached hydrogens (tertiary/aromatic N) is 3. The quantitative estimate of drug-likeness (QED) is 0.362. The van der Waals surface area contributed by atoms with Crippen molar-refractivity contribution in [2.45, 2.75) is 25.4 Å². The molecule has 176 valence electrons. The van der Waals surface area contributed by atoms with Crippen LogP contribution in [0.2, 0.25) is 0 Å². The zero-order valence-electron chi connectivity index (χ0n) is 18.8. The van der Waals surface area contributed by atoms with E-state index in [1.165, 1.54) is 26.1 Å². The summed E-state index contributed by atoms with van der Waals surface area (Å²) in [5.41, 5.74) is 6.55. The van der Waals surface area contributed by atoms with Crippen LogP contribution in [0.15, 0.2) is 29.7 Å². The lowest BCUT2D eigenvalue weighted by molar-refractivity contribution is -0.679. The van der Waals surface area contributed by atoms with Gasteiger partial charge in [-0.25, -0.2) is 10.7 Å². The van der Waals surface area contributed by atoms with E-state index < -0.39 is 0 Å². The third kappa shape index (κ3) is 6.11. The Morgan fingerprint density at radius 3 is 2.66 bits per heavy atom. The molecule has 0 saturated carbocycles. The van der Waals surface area contributed by atoms with E-state index in [9.17, 15) is 9.59 Å². The molecule has 0 bridgehead atoms. The van der Waals surface area contributed by atoms with Crippen LogP contribution in [0.3, 0.4) is 0 Å². The van der Waals surface area contributed by atoms with E-state index in [1.807, 2.05) is 0 Å². The third-order valence-corrected chi connectivity index (χ3v) is 5.91. The number of piperazine rings is 1. The summed E-state index contributed by atoms with van der Waals surface area (Å²) in [5.74, 6) is 2.35. The number of allylic oxidation sites excluding steroid dienone is 2. The fraction of sp³-hybridized carbons (Fsp3) is 0.591. The van der Waals surface area contributed by atoms with Gasteiger partial charge in [-0.2, -0.15) is 0 Å². The predicted octanol–water partition coefficient (Wildman–Crippen LogP) is -0.803. The molecule has 2 fully saturated rings. The molecule has 1 aromatic heterocycles. The predicted molar refractivity (Wildman–Crippen MR) is 118 cm³/mol. The molecule has 3 heterocycles. The van der Waals surface area contributed by atoms with Gasteiger partial charge >= 0.3 is 0 Å². The molecule has 0 radical (unpaired) electrons. The van der Waals surface area contributed by atoms with E-state index in [0.717, 1.165) is 52.3 Å². The highest BCUT2D eigenvalue weighted by Gasteiger charge is 2.31. The molecule has 1 aromatic rings. The lowest BCUT2D eigenvalue weighted by Crippen LogP contribution is -2.48. The lowest BCUT2D eigenvalue weighted by atomic mass is 9.95. The Bertz CT molecular complexity index is 816. The van der Waals surface area contributed by atoms with Crippen LogP contribution in [0.25, 0.3) is 0 Å². The first-order valence-corrected chi connectivity index (χ1v) is 11.2. The van der Waals surface area contributed by atoms with Gasteiger partial charge in [0, 0.05) is 52.1 Å². The van der Waals surface area contributed by atoms with Crippen molar-refractivity contribution in [3.8, 4) is 0 Å². The molecule has 1 unspecified atom stereocenters. The zero-order valence-corrected chi connectivity index (χ0v) is 18.8. The van der Waals surface area contributed by atoms with Crippen LogP contribution in [0.5, 0.6) is 0 Å². The van der Waals surface area contributed by atoms with E-state index in [4.69, 9.17) is 10.5 Å². The number of fused-ring (bicyclic) bond motifs is 1. The number of Topliss-reactive ketones (excluding diaryl/α,β-unsaturated/α-hetero) is 2. The molecule has 10 nitrogen and oxygen atoms in total. The van der Waals surface area contributed by atoms with Crippen molar-refractivity contribution in [3.05, 3.63) is 41.0 Å². The number of ketones is 2. The van der Waals surface area contributed by atoms with Gasteiger partial charge in [0.15, 0.2) is 0 Å². The summed E-state index contributed by atoms with van der Waals surface area (Å²) in [4.78, 5) is 38.0. The van der Waals surface area contributed by atoms with E-state index in [2.05, 4.69) is 30.8 Å². The van der Waals surface area contributed by atoms with Crippen molar-refractivity contribution in [2.75, 3.05) is 59.5 Å². The number of rotatable bonds is 7. The van der Waals surface area contributed by atoms with Gasteiger partial charge in [0.25, 0.3) is 0 Å². The van der Waals surface area contributed by atoms with E-state index in [1.54, 1.807) is 12.1 Å². The highest BCUT2D eigenvalue weighted by Crippen LogP contribution is 2.20. The first-order chi connectivity index (χ1) is 15.5. The molecule has 6 N–H and O–H groups in total. The number of nitrogens with two attached hydrogens (primary N) is 1. The van der Waals surface area contributed by atoms with Gasteiger partial charge in [0.2, 0.25) is 11.6 Å². The molecule has 0 spiro atoms. The van der Waals surface area contributed by atoms with Gasteiger partial charge in [-0.1, -0.05) is 0 Å². The highest BCUT2D eigenvalue weighted by atomic mass is 16.6. The summed E-state index contributed by atoms with van der Waals surface area (Å²) in [7, 11) is 1.51. The van der Waals surface area contributed by atoms with Crippen molar-refractivity contribution in [1.29, 1.82) is 0 Å².